The van der Waals surface area contributed by atoms with Crippen molar-refractivity contribution in [3.63, 3.8) is 0 Å². The van der Waals surface area contributed by atoms with Crippen LogP contribution in [0.4, 0.5) is 18.0 Å². The molecule has 2 aromatic rings. The minimum Gasteiger partial charge on any atom is -0.444 e. The largest absolute Gasteiger partial charge is 0.444 e. The second kappa shape index (κ2) is 9.96. The van der Waals surface area contributed by atoms with E-state index in [4.69, 9.17) is 4.74 Å². The predicted octanol–water partition coefficient (Wildman–Crippen LogP) is 4.50. The molecule has 1 aliphatic rings. The minimum atomic E-state index is -4.53. The highest BCUT2D eigenvalue weighted by Gasteiger charge is 2.37. The number of hydrogen-bond donors (Lipinski definition) is 1. The van der Waals surface area contributed by atoms with Gasteiger partial charge in [0.1, 0.15) is 11.2 Å². The molecule has 11 heteroatoms. The summed E-state index contributed by atoms with van der Waals surface area (Å²) in [5.74, 6) is 0.296. The Bertz CT molecular complexity index is 984. The van der Waals surface area contributed by atoms with Crippen molar-refractivity contribution in [3.05, 3.63) is 29.7 Å². The summed E-state index contributed by atoms with van der Waals surface area (Å²) in [7, 11) is 0. The number of rotatable bonds is 7. The Labute approximate surface area is 190 Å². The van der Waals surface area contributed by atoms with Gasteiger partial charge in [-0.15, -0.1) is 10.2 Å². The van der Waals surface area contributed by atoms with E-state index < -0.39 is 29.5 Å². The second-order valence-electron chi connectivity index (χ2n) is 9.16. The van der Waals surface area contributed by atoms with E-state index in [2.05, 4.69) is 15.5 Å². The van der Waals surface area contributed by atoms with Crippen LogP contribution in [0.25, 0.3) is 5.65 Å². The molecule has 33 heavy (non-hydrogen) atoms. The third-order valence-corrected chi connectivity index (χ3v) is 5.37. The number of pyridine rings is 1. The van der Waals surface area contributed by atoms with Gasteiger partial charge in [0, 0.05) is 25.7 Å². The van der Waals surface area contributed by atoms with E-state index in [1.807, 2.05) is 0 Å². The van der Waals surface area contributed by atoms with Crippen molar-refractivity contribution in [2.24, 2.45) is 0 Å². The molecule has 1 unspecified atom stereocenters. The van der Waals surface area contributed by atoms with Crippen molar-refractivity contribution < 1.29 is 27.5 Å². The van der Waals surface area contributed by atoms with Gasteiger partial charge in [0.15, 0.2) is 11.5 Å². The van der Waals surface area contributed by atoms with E-state index in [0.717, 1.165) is 18.9 Å². The molecule has 2 aromatic heterocycles. The number of nitrogens with one attached hydrogen (secondary N) is 1. The average Bonchev–Trinajstić information content (AvgIpc) is 3.34. The lowest BCUT2D eigenvalue weighted by molar-refractivity contribution is -0.136. The molecule has 0 aromatic carbocycles. The molecule has 0 saturated carbocycles. The molecule has 0 aliphatic carbocycles. The molecule has 3 heterocycles. The molecule has 2 amide bonds. The first-order valence-electron chi connectivity index (χ1n) is 11.1. The van der Waals surface area contributed by atoms with Gasteiger partial charge in [-0.05, 0) is 58.6 Å². The van der Waals surface area contributed by atoms with Crippen molar-refractivity contribution >= 4 is 17.6 Å². The molecule has 8 nitrogen and oxygen atoms in total. The second-order valence-corrected chi connectivity index (χ2v) is 9.16. The molecule has 1 N–H and O–H groups in total. The fourth-order valence-electron chi connectivity index (χ4n) is 3.94. The number of hydrogen-bond acceptors (Lipinski definition) is 5. The molecule has 3 rings (SSSR count). The summed E-state index contributed by atoms with van der Waals surface area (Å²) >= 11 is 0. The van der Waals surface area contributed by atoms with Gasteiger partial charge < -0.3 is 15.0 Å². The molecule has 1 saturated heterocycles. The normalized spacial score (nSPS) is 16.9. The summed E-state index contributed by atoms with van der Waals surface area (Å²) in [6.45, 7) is 6.38. The molecular formula is C22H30F3N5O3. The summed E-state index contributed by atoms with van der Waals surface area (Å²) in [6.07, 6.45) is 0.326. The summed E-state index contributed by atoms with van der Waals surface area (Å²) in [5, 5.41) is 10.5. The Balaban J connectivity index is 1.53. The van der Waals surface area contributed by atoms with Crippen molar-refractivity contribution in [1.29, 1.82) is 0 Å². The fourth-order valence-corrected chi connectivity index (χ4v) is 3.94. The summed E-state index contributed by atoms with van der Waals surface area (Å²) in [4.78, 5) is 26.1. The zero-order valence-electron chi connectivity index (χ0n) is 19.1. The topological polar surface area (TPSA) is 88.8 Å². The molecule has 0 spiro atoms. The Kier molecular flexibility index (Phi) is 7.48. The van der Waals surface area contributed by atoms with Crippen LogP contribution in [0.15, 0.2) is 18.3 Å². The van der Waals surface area contributed by atoms with Gasteiger partial charge in [0.25, 0.3) is 0 Å². The van der Waals surface area contributed by atoms with E-state index >= 15 is 0 Å². The van der Waals surface area contributed by atoms with Crippen molar-refractivity contribution in [1.82, 2.24) is 24.8 Å². The van der Waals surface area contributed by atoms with Gasteiger partial charge >= 0.3 is 12.3 Å². The fraction of sp³-hybridized carbons (Fsp3) is 0.636. The first-order chi connectivity index (χ1) is 15.5. The van der Waals surface area contributed by atoms with Crippen LogP contribution in [-0.2, 0) is 15.7 Å². The number of ether oxygens (including phenoxy) is 1. The van der Waals surface area contributed by atoms with Gasteiger partial charge in [0.05, 0.1) is 6.04 Å². The molecule has 1 fully saturated rings. The third-order valence-electron chi connectivity index (χ3n) is 5.37. The monoisotopic (exact) mass is 469 g/mol. The number of aromatic nitrogens is 3. The molecular weight excluding hydrogens is 439 g/mol. The quantitative estimate of drug-likeness (QED) is 0.604. The molecule has 0 radical (unpaired) electrons. The summed E-state index contributed by atoms with van der Waals surface area (Å²) in [5.41, 5.74) is -1.65. The first-order valence-corrected chi connectivity index (χ1v) is 11.1. The van der Waals surface area contributed by atoms with Gasteiger partial charge in [-0.3, -0.25) is 9.20 Å². The Morgan fingerprint density at radius 3 is 2.64 bits per heavy atom. The number of nitrogens with zero attached hydrogens (tertiary/aromatic N) is 4. The average molecular weight is 470 g/mol. The third kappa shape index (κ3) is 6.35. The first kappa shape index (κ1) is 24.8. The maximum Gasteiger partial charge on any atom is 0.420 e. The number of alkyl carbamates (subject to hydrolysis) is 1. The summed E-state index contributed by atoms with van der Waals surface area (Å²) in [6, 6.07) is 1.89. The molecule has 182 valence electrons. The van der Waals surface area contributed by atoms with Gasteiger partial charge in [-0.1, -0.05) is 6.42 Å². The standard InChI is InChI=1S/C22H30F3N5O3/c1-21(2,3)33-20(32)26-12-6-4-5-11-17(31)29-13-8-10-16(29)19-28-27-18-15(22(23,24)25)9-7-14-30(18)19/h7,9,14,16H,4-6,8,10-13H2,1-3H3,(H,26,32). The maximum absolute atomic E-state index is 13.3. The lowest BCUT2D eigenvalue weighted by Crippen LogP contribution is -2.33. The van der Waals surface area contributed by atoms with Crippen LogP contribution in [0.1, 0.15) is 76.7 Å². The Morgan fingerprint density at radius 2 is 1.94 bits per heavy atom. The lowest BCUT2D eigenvalue weighted by atomic mass is 10.1. The number of fused-ring (bicyclic) bond motifs is 1. The number of alkyl halides is 3. The van der Waals surface area contributed by atoms with Crippen LogP contribution in [0.3, 0.4) is 0 Å². The summed E-state index contributed by atoms with van der Waals surface area (Å²) < 4.78 is 46.3. The van der Waals surface area contributed by atoms with E-state index in [-0.39, 0.29) is 11.6 Å². The molecule has 1 atom stereocenters. The Hall–Kier alpha value is -2.85. The number of carbonyl (C=O) groups excluding carboxylic acids is 2. The van der Waals surface area contributed by atoms with Crippen LogP contribution >= 0.6 is 0 Å². The van der Waals surface area contributed by atoms with Crippen LogP contribution < -0.4 is 5.32 Å². The van der Waals surface area contributed by atoms with Crippen molar-refractivity contribution in [3.8, 4) is 0 Å². The number of halogens is 3. The van der Waals surface area contributed by atoms with Gasteiger partial charge in [-0.25, -0.2) is 4.79 Å². The SMILES string of the molecule is CC(C)(C)OC(=O)NCCCCCC(=O)N1CCCC1c1nnc2c(C(F)(F)F)cccn12. The van der Waals surface area contributed by atoms with Crippen LogP contribution in [0.5, 0.6) is 0 Å². The minimum absolute atomic E-state index is 0.0543. The number of amides is 2. The number of likely N-dealkylation sites (tertiary alicyclic amines) is 1. The highest BCUT2D eigenvalue weighted by molar-refractivity contribution is 5.77. The number of unbranched alkanes of at least 4 members (excludes halogenated alkanes) is 2. The molecule has 1 aliphatic heterocycles. The van der Waals surface area contributed by atoms with E-state index in [1.165, 1.54) is 16.7 Å². The Morgan fingerprint density at radius 1 is 1.18 bits per heavy atom. The van der Waals surface area contributed by atoms with Gasteiger partial charge in [-0.2, -0.15) is 13.2 Å². The van der Waals surface area contributed by atoms with Crippen molar-refractivity contribution in [2.45, 2.75) is 77.1 Å². The van der Waals surface area contributed by atoms with Crippen LogP contribution in [0, 0.1) is 0 Å². The number of carbonyl (C=O) groups is 2. The highest BCUT2D eigenvalue weighted by atomic mass is 19.4. The zero-order valence-corrected chi connectivity index (χ0v) is 19.1. The predicted molar refractivity (Wildman–Crippen MR) is 114 cm³/mol. The van der Waals surface area contributed by atoms with E-state index in [1.54, 1.807) is 25.7 Å². The molecule has 0 bridgehead atoms. The van der Waals surface area contributed by atoms with Crippen LogP contribution in [-0.4, -0.2) is 50.2 Å². The highest BCUT2D eigenvalue weighted by Crippen LogP contribution is 2.35. The lowest BCUT2D eigenvalue weighted by Gasteiger charge is -2.23. The van der Waals surface area contributed by atoms with E-state index in [0.29, 0.717) is 44.6 Å². The van der Waals surface area contributed by atoms with E-state index in [9.17, 15) is 22.8 Å². The maximum atomic E-state index is 13.3. The van der Waals surface area contributed by atoms with Crippen molar-refractivity contribution in [2.75, 3.05) is 13.1 Å². The van der Waals surface area contributed by atoms with Crippen LogP contribution in [0.2, 0.25) is 0 Å². The smallest absolute Gasteiger partial charge is 0.420 e. The zero-order chi connectivity index (χ0) is 24.2. The van der Waals surface area contributed by atoms with Gasteiger partial charge in [0.2, 0.25) is 5.91 Å².